The monoisotopic (exact) mass is 443 g/mol. The van der Waals surface area contributed by atoms with Gasteiger partial charge in [-0.2, -0.15) is 8.78 Å². The Kier molecular flexibility index (Phi) is 9.41. The Balaban J connectivity index is 2.13. The number of amides is 1. The summed E-state index contributed by atoms with van der Waals surface area (Å²) in [5.74, 6) is 0.870. The number of nitrogens with one attached hydrogen (secondary N) is 2. The van der Waals surface area contributed by atoms with E-state index in [0.717, 1.165) is 16.7 Å². The van der Waals surface area contributed by atoms with Crippen molar-refractivity contribution in [2.75, 3.05) is 19.0 Å². The molecule has 0 fully saturated rings. The number of anilines is 1. The fourth-order valence-corrected chi connectivity index (χ4v) is 2.79. The number of allylic oxidation sites excluding steroid dienone is 1. The molecule has 0 heterocycles. The summed E-state index contributed by atoms with van der Waals surface area (Å²) in [5.41, 5.74) is 3.48. The van der Waals surface area contributed by atoms with Crippen molar-refractivity contribution < 1.29 is 23.0 Å². The van der Waals surface area contributed by atoms with E-state index in [1.807, 2.05) is 37.3 Å². The van der Waals surface area contributed by atoms with Crippen molar-refractivity contribution in [2.45, 2.75) is 26.9 Å². The van der Waals surface area contributed by atoms with Gasteiger partial charge in [0.2, 0.25) is 5.91 Å². The Labute approximate surface area is 186 Å². The number of rotatable bonds is 10. The molecule has 0 spiro atoms. The first-order chi connectivity index (χ1) is 15.3. The number of benzene rings is 2. The van der Waals surface area contributed by atoms with E-state index in [1.165, 1.54) is 26.2 Å². The third-order valence-electron chi connectivity index (χ3n) is 4.34. The Bertz CT molecular complexity index is 986. The molecule has 0 saturated carbocycles. The smallest absolute Gasteiger partial charge is 0.387 e. The van der Waals surface area contributed by atoms with Gasteiger partial charge in [-0.1, -0.05) is 24.3 Å². The van der Waals surface area contributed by atoms with Crippen LogP contribution in [-0.4, -0.2) is 32.0 Å². The zero-order chi connectivity index (χ0) is 23.5. The van der Waals surface area contributed by atoms with Crippen molar-refractivity contribution in [1.29, 1.82) is 0 Å². The number of amidine groups is 1. The summed E-state index contributed by atoms with van der Waals surface area (Å²) in [7, 11) is 1.50. The van der Waals surface area contributed by atoms with E-state index in [1.54, 1.807) is 12.1 Å². The molecule has 0 radical (unpaired) electrons. The van der Waals surface area contributed by atoms with Crippen LogP contribution in [-0.2, 0) is 16.0 Å². The van der Waals surface area contributed by atoms with Gasteiger partial charge >= 0.3 is 6.61 Å². The number of nitrogens with zero attached hydrogens (tertiary/aromatic N) is 1. The predicted molar refractivity (Wildman–Crippen MR) is 123 cm³/mol. The molecular weight excluding hydrogens is 416 g/mol. The molecule has 2 N–H and O–H groups in total. The van der Waals surface area contributed by atoms with E-state index >= 15 is 0 Å². The van der Waals surface area contributed by atoms with Crippen LogP contribution >= 0.6 is 0 Å². The molecule has 0 atom stereocenters. The zero-order valence-corrected chi connectivity index (χ0v) is 18.3. The molecule has 8 heteroatoms. The number of methoxy groups -OCH3 is 1. The Morgan fingerprint density at radius 3 is 2.53 bits per heavy atom. The highest BCUT2D eigenvalue weighted by Crippen LogP contribution is 2.19. The summed E-state index contributed by atoms with van der Waals surface area (Å²) in [6, 6.07) is 13.9. The summed E-state index contributed by atoms with van der Waals surface area (Å²) in [6.07, 6.45) is 2.46. The van der Waals surface area contributed by atoms with Crippen LogP contribution in [0.2, 0.25) is 0 Å². The Hall–Kier alpha value is -3.68. The fraction of sp³-hybridized carbons (Fsp3) is 0.250. The number of alkyl halides is 2. The molecule has 0 unspecified atom stereocenters. The first kappa shape index (κ1) is 24.6. The lowest BCUT2D eigenvalue weighted by Gasteiger charge is -2.11. The number of carbonyl (C=O) groups is 1. The Morgan fingerprint density at radius 2 is 1.91 bits per heavy atom. The number of hydrogen-bond donors (Lipinski definition) is 2. The highest BCUT2D eigenvalue weighted by atomic mass is 19.3. The van der Waals surface area contributed by atoms with Crippen LogP contribution in [0.15, 0.2) is 72.1 Å². The minimum Gasteiger partial charge on any atom is -0.483 e. The van der Waals surface area contributed by atoms with E-state index in [0.29, 0.717) is 30.4 Å². The molecule has 0 bridgehead atoms. The standard InChI is InChI=1S/C24H27F2N3O3/c1-16(20-6-5-7-21(15-20)28-17(2)30)14-23(29-18(3)31-4)27-13-12-19-8-10-22(11-9-19)32-24(25)26/h5-11,14-15,24H,3,12-13H2,1-2,4H3,(H,27,29)(H,28,30)/b16-14+. The third-order valence-corrected chi connectivity index (χ3v) is 4.34. The largest absolute Gasteiger partial charge is 0.483 e. The first-order valence-electron chi connectivity index (χ1n) is 9.91. The Morgan fingerprint density at radius 1 is 1.19 bits per heavy atom. The van der Waals surface area contributed by atoms with Crippen LogP contribution in [0, 0.1) is 0 Å². The summed E-state index contributed by atoms with van der Waals surface area (Å²) < 4.78 is 34.0. The topological polar surface area (TPSA) is 72.0 Å². The third kappa shape index (κ3) is 8.59. The van der Waals surface area contributed by atoms with Gasteiger partial charge in [0.25, 0.3) is 0 Å². The maximum absolute atomic E-state index is 12.3. The SMILES string of the molecule is C=C(NC(/C=C(\C)c1cccc(NC(C)=O)c1)=NCCc1ccc(OC(F)F)cc1)OC. The molecule has 2 aromatic rings. The normalized spacial score (nSPS) is 11.8. The molecule has 0 aliphatic heterocycles. The van der Waals surface area contributed by atoms with Gasteiger partial charge in [0.15, 0.2) is 5.88 Å². The van der Waals surface area contributed by atoms with Crippen molar-refractivity contribution in [3.8, 4) is 5.75 Å². The number of ether oxygens (including phenoxy) is 2. The van der Waals surface area contributed by atoms with Crippen LogP contribution in [0.25, 0.3) is 5.57 Å². The number of hydrogen-bond acceptors (Lipinski definition) is 4. The quantitative estimate of drug-likeness (QED) is 0.308. The fourth-order valence-electron chi connectivity index (χ4n) is 2.79. The molecule has 1 amide bonds. The van der Waals surface area contributed by atoms with Crippen molar-refractivity contribution in [2.24, 2.45) is 4.99 Å². The summed E-state index contributed by atoms with van der Waals surface area (Å²) >= 11 is 0. The number of carbonyl (C=O) groups excluding carboxylic acids is 1. The van der Waals surface area contributed by atoms with E-state index < -0.39 is 6.61 Å². The molecule has 2 rings (SSSR count). The molecule has 32 heavy (non-hydrogen) atoms. The molecule has 0 saturated heterocycles. The van der Waals surface area contributed by atoms with Crippen molar-refractivity contribution in [3.63, 3.8) is 0 Å². The van der Waals surface area contributed by atoms with E-state index in [4.69, 9.17) is 4.74 Å². The lowest BCUT2D eigenvalue weighted by molar-refractivity contribution is -0.114. The minimum absolute atomic E-state index is 0.117. The van der Waals surface area contributed by atoms with Crippen LogP contribution < -0.4 is 15.4 Å². The van der Waals surface area contributed by atoms with Crippen LogP contribution in [0.5, 0.6) is 5.75 Å². The minimum atomic E-state index is -2.85. The second kappa shape index (κ2) is 12.2. The highest BCUT2D eigenvalue weighted by Gasteiger charge is 2.05. The highest BCUT2D eigenvalue weighted by molar-refractivity contribution is 6.00. The molecular formula is C24H27F2N3O3. The van der Waals surface area contributed by atoms with Gasteiger partial charge in [-0.05, 0) is 67.0 Å². The second-order valence-corrected chi connectivity index (χ2v) is 6.88. The van der Waals surface area contributed by atoms with Gasteiger partial charge in [0, 0.05) is 19.2 Å². The summed E-state index contributed by atoms with van der Waals surface area (Å²) in [5, 5.41) is 5.78. The van der Waals surface area contributed by atoms with Gasteiger partial charge < -0.3 is 20.1 Å². The first-order valence-corrected chi connectivity index (χ1v) is 9.91. The summed E-state index contributed by atoms with van der Waals surface area (Å²) in [4.78, 5) is 15.9. The van der Waals surface area contributed by atoms with Gasteiger partial charge in [0.1, 0.15) is 11.6 Å². The van der Waals surface area contributed by atoms with E-state index in [9.17, 15) is 13.6 Å². The lowest BCUT2D eigenvalue weighted by Crippen LogP contribution is -2.22. The summed E-state index contributed by atoms with van der Waals surface area (Å²) in [6.45, 7) is 4.77. The average Bonchev–Trinajstić information content (AvgIpc) is 2.74. The predicted octanol–water partition coefficient (Wildman–Crippen LogP) is 5.00. The van der Waals surface area contributed by atoms with Gasteiger partial charge in [-0.15, -0.1) is 0 Å². The van der Waals surface area contributed by atoms with Crippen LogP contribution in [0.3, 0.4) is 0 Å². The molecule has 0 aliphatic carbocycles. The molecule has 0 aromatic heterocycles. The molecule has 2 aromatic carbocycles. The van der Waals surface area contributed by atoms with Crippen molar-refractivity contribution >= 4 is 23.0 Å². The second-order valence-electron chi connectivity index (χ2n) is 6.88. The van der Waals surface area contributed by atoms with E-state index in [2.05, 4.69) is 26.9 Å². The lowest BCUT2D eigenvalue weighted by atomic mass is 10.1. The molecule has 170 valence electrons. The molecule has 0 aliphatic rings. The average molecular weight is 443 g/mol. The number of aliphatic imine (C=N–C) groups is 1. The van der Waals surface area contributed by atoms with Crippen LogP contribution in [0.4, 0.5) is 14.5 Å². The maximum atomic E-state index is 12.3. The molecule has 6 nitrogen and oxygen atoms in total. The van der Waals surface area contributed by atoms with E-state index in [-0.39, 0.29) is 11.7 Å². The van der Waals surface area contributed by atoms with Crippen molar-refractivity contribution in [1.82, 2.24) is 5.32 Å². The number of halogens is 2. The van der Waals surface area contributed by atoms with Crippen LogP contribution in [0.1, 0.15) is 25.0 Å². The van der Waals surface area contributed by atoms with Gasteiger partial charge in [-0.3, -0.25) is 9.79 Å². The maximum Gasteiger partial charge on any atom is 0.387 e. The van der Waals surface area contributed by atoms with Gasteiger partial charge in [0.05, 0.1) is 7.11 Å². The van der Waals surface area contributed by atoms with Gasteiger partial charge in [-0.25, -0.2) is 0 Å². The zero-order valence-electron chi connectivity index (χ0n) is 18.3. The van der Waals surface area contributed by atoms with Crippen molar-refractivity contribution in [3.05, 3.63) is 78.2 Å².